The average Bonchev–Trinajstić information content (AvgIpc) is 3.22. The monoisotopic (exact) mass is 436 g/mol. The molecule has 0 radical (unpaired) electrons. The molecule has 2 aliphatic heterocycles. The van der Waals surface area contributed by atoms with E-state index in [1.54, 1.807) is 12.3 Å². The Labute approximate surface area is 189 Å². The molecule has 5 rings (SSSR count). The minimum absolute atomic E-state index is 0.0310. The molecule has 1 aromatic heterocycles. The summed E-state index contributed by atoms with van der Waals surface area (Å²) in [6.45, 7) is 5.39. The second-order valence-electron chi connectivity index (χ2n) is 9.33. The first kappa shape index (κ1) is 21.3. The number of carbonyl (C=O) groups is 1. The Morgan fingerprint density at radius 2 is 1.88 bits per heavy atom. The molecule has 3 atom stereocenters. The summed E-state index contributed by atoms with van der Waals surface area (Å²) in [4.78, 5) is 33.4. The molecule has 0 spiro atoms. The van der Waals surface area contributed by atoms with E-state index in [1.807, 2.05) is 0 Å². The van der Waals surface area contributed by atoms with Crippen LogP contribution in [0.1, 0.15) is 42.7 Å². The second kappa shape index (κ2) is 9.55. The Morgan fingerprint density at radius 1 is 1.09 bits per heavy atom. The topological polar surface area (TPSA) is 67.7 Å². The van der Waals surface area contributed by atoms with Gasteiger partial charge in [-0.25, -0.2) is 9.78 Å². The number of aromatic nitrogens is 2. The van der Waals surface area contributed by atoms with E-state index in [9.17, 15) is 9.59 Å². The molecule has 170 valence electrons. The zero-order chi connectivity index (χ0) is 21.9. The third kappa shape index (κ3) is 4.50. The number of fused-ring (bicyclic) bond motifs is 1. The fourth-order valence-corrected chi connectivity index (χ4v) is 5.75. The summed E-state index contributed by atoms with van der Waals surface area (Å²) in [6, 6.07) is 11.0. The van der Waals surface area contributed by atoms with Crippen molar-refractivity contribution in [1.82, 2.24) is 19.4 Å². The number of morpholine rings is 1. The molecular weight excluding hydrogens is 404 g/mol. The van der Waals surface area contributed by atoms with Crippen LogP contribution < -0.4 is 5.69 Å². The van der Waals surface area contributed by atoms with E-state index >= 15 is 0 Å². The number of carbonyl (C=O) groups excluding carboxylic acids is 1. The molecule has 1 aromatic carbocycles. The molecule has 7 nitrogen and oxygen atoms in total. The Balaban J connectivity index is 1.30. The number of benzene rings is 1. The number of likely N-dealkylation sites (tertiary alicyclic amines) is 1. The van der Waals surface area contributed by atoms with Crippen molar-refractivity contribution < 1.29 is 9.53 Å². The van der Waals surface area contributed by atoms with Gasteiger partial charge in [-0.05, 0) is 36.0 Å². The van der Waals surface area contributed by atoms with Crippen LogP contribution in [0.5, 0.6) is 0 Å². The molecule has 32 heavy (non-hydrogen) atoms. The van der Waals surface area contributed by atoms with Crippen LogP contribution in [0.3, 0.4) is 0 Å². The maximum absolute atomic E-state index is 13.2. The van der Waals surface area contributed by atoms with E-state index in [4.69, 9.17) is 4.74 Å². The smallest absolute Gasteiger partial charge is 0.347 e. The Kier molecular flexibility index (Phi) is 6.37. The third-order valence-corrected chi connectivity index (χ3v) is 7.42. The standard InChI is InChI=1S/C25H32N4O3/c30-24(18-28-11-3-10-26-25(28)31)29-17-22(21-4-1-2-5-23(21)29)20-8-6-19(7-9-20)16-27-12-14-32-15-13-27/h3,6-11,21-23H,1-2,4-5,12-18H2/t21-,22-,23-/m1/s1. The fraction of sp³-hybridized carbons (Fsp3) is 0.560. The van der Waals surface area contributed by atoms with Gasteiger partial charge in [0.25, 0.3) is 0 Å². The molecule has 0 bridgehead atoms. The van der Waals surface area contributed by atoms with Gasteiger partial charge < -0.3 is 9.64 Å². The SMILES string of the molecule is O=C(Cn1cccnc1=O)N1C[C@H](c2ccc(CN3CCOCC3)cc2)[C@H]2CCCC[C@H]21. The molecule has 0 N–H and O–H groups in total. The number of hydrogen-bond donors (Lipinski definition) is 0. The predicted molar refractivity (Wildman–Crippen MR) is 121 cm³/mol. The van der Waals surface area contributed by atoms with Gasteiger partial charge in [0.1, 0.15) is 6.54 Å². The van der Waals surface area contributed by atoms with Crippen LogP contribution in [-0.4, -0.2) is 64.1 Å². The zero-order valence-electron chi connectivity index (χ0n) is 18.6. The lowest BCUT2D eigenvalue weighted by Crippen LogP contribution is -2.42. The number of hydrogen-bond acceptors (Lipinski definition) is 5. The van der Waals surface area contributed by atoms with Crippen LogP contribution >= 0.6 is 0 Å². The van der Waals surface area contributed by atoms with Gasteiger partial charge >= 0.3 is 5.69 Å². The van der Waals surface area contributed by atoms with Gasteiger partial charge in [-0.2, -0.15) is 0 Å². The highest BCUT2D eigenvalue weighted by Crippen LogP contribution is 2.45. The fourth-order valence-electron chi connectivity index (χ4n) is 5.75. The van der Waals surface area contributed by atoms with Crippen LogP contribution in [0, 0.1) is 5.92 Å². The number of ether oxygens (including phenoxy) is 1. The van der Waals surface area contributed by atoms with Crippen LogP contribution in [0.4, 0.5) is 0 Å². The van der Waals surface area contributed by atoms with Crippen molar-refractivity contribution in [3.63, 3.8) is 0 Å². The summed E-state index contributed by atoms with van der Waals surface area (Å²) < 4.78 is 6.86. The van der Waals surface area contributed by atoms with Crippen molar-refractivity contribution in [2.45, 2.75) is 50.7 Å². The van der Waals surface area contributed by atoms with Gasteiger partial charge in [0.2, 0.25) is 5.91 Å². The quantitative estimate of drug-likeness (QED) is 0.719. The molecule has 7 heteroatoms. The van der Waals surface area contributed by atoms with E-state index in [0.717, 1.165) is 45.8 Å². The van der Waals surface area contributed by atoms with Crippen molar-refractivity contribution in [1.29, 1.82) is 0 Å². The number of rotatable bonds is 5. The molecule has 2 saturated heterocycles. The third-order valence-electron chi connectivity index (χ3n) is 7.42. The molecule has 1 amide bonds. The van der Waals surface area contributed by atoms with Gasteiger partial charge in [-0.1, -0.05) is 37.1 Å². The molecule has 3 aliphatic rings. The molecule has 1 aliphatic carbocycles. The molecular formula is C25H32N4O3. The van der Waals surface area contributed by atoms with Crippen molar-refractivity contribution >= 4 is 5.91 Å². The van der Waals surface area contributed by atoms with Crippen molar-refractivity contribution in [2.75, 3.05) is 32.8 Å². The lowest BCUT2D eigenvalue weighted by Gasteiger charge is -2.32. The minimum atomic E-state index is -0.368. The van der Waals surface area contributed by atoms with Gasteiger partial charge in [0, 0.05) is 50.5 Å². The van der Waals surface area contributed by atoms with Crippen molar-refractivity contribution in [3.05, 3.63) is 64.3 Å². The summed E-state index contributed by atoms with van der Waals surface area (Å²) in [7, 11) is 0. The minimum Gasteiger partial charge on any atom is -0.379 e. The van der Waals surface area contributed by atoms with E-state index in [-0.39, 0.29) is 24.2 Å². The lowest BCUT2D eigenvalue weighted by atomic mass is 9.77. The summed E-state index contributed by atoms with van der Waals surface area (Å²) >= 11 is 0. The van der Waals surface area contributed by atoms with E-state index in [0.29, 0.717) is 11.8 Å². The van der Waals surface area contributed by atoms with E-state index in [2.05, 4.69) is 39.0 Å². The van der Waals surface area contributed by atoms with Gasteiger partial charge in [-0.3, -0.25) is 14.3 Å². The largest absolute Gasteiger partial charge is 0.379 e. The summed E-state index contributed by atoms with van der Waals surface area (Å²) in [6.07, 6.45) is 7.74. The van der Waals surface area contributed by atoms with E-state index < -0.39 is 0 Å². The van der Waals surface area contributed by atoms with Crippen LogP contribution in [-0.2, 0) is 22.6 Å². The Morgan fingerprint density at radius 3 is 2.66 bits per heavy atom. The average molecular weight is 437 g/mol. The highest BCUT2D eigenvalue weighted by molar-refractivity contribution is 5.77. The molecule has 1 saturated carbocycles. The summed E-state index contributed by atoms with van der Waals surface area (Å²) in [5, 5.41) is 0. The zero-order valence-corrected chi connectivity index (χ0v) is 18.6. The van der Waals surface area contributed by atoms with Crippen LogP contribution in [0.2, 0.25) is 0 Å². The van der Waals surface area contributed by atoms with Gasteiger partial charge in [-0.15, -0.1) is 0 Å². The Bertz CT molecular complexity index is 983. The normalized spacial score (nSPS) is 26.1. The molecule has 0 unspecified atom stereocenters. The number of amides is 1. The highest BCUT2D eigenvalue weighted by Gasteiger charge is 2.45. The first-order valence-corrected chi connectivity index (χ1v) is 11.9. The van der Waals surface area contributed by atoms with Gasteiger partial charge in [0.15, 0.2) is 0 Å². The highest BCUT2D eigenvalue weighted by atomic mass is 16.5. The van der Waals surface area contributed by atoms with Crippen molar-refractivity contribution in [3.8, 4) is 0 Å². The summed E-state index contributed by atoms with van der Waals surface area (Å²) in [5.41, 5.74) is 2.30. The predicted octanol–water partition coefficient (Wildman–Crippen LogP) is 2.26. The maximum Gasteiger partial charge on any atom is 0.347 e. The number of nitrogens with zero attached hydrogens (tertiary/aromatic N) is 4. The Hall–Kier alpha value is -2.51. The first-order valence-electron chi connectivity index (χ1n) is 11.9. The van der Waals surface area contributed by atoms with Crippen LogP contribution in [0.25, 0.3) is 0 Å². The molecule has 2 aromatic rings. The van der Waals surface area contributed by atoms with Gasteiger partial charge in [0.05, 0.1) is 13.2 Å². The molecule has 3 fully saturated rings. The second-order valence-corrected chi connectivity index (χ2v) is 9.33. The summed E-state index contributed by atoms with van der Waals surface area (Å²) in [5.74, 6) is 0.902. The van der Waals surface area contributed by atoms with Crippen LogP contribution in [0.15, 0.2) is 47.5 Å². The maximum atomic E-state index is 13.2. The lowest BCUT2D eigenvalue weighted by molar-refractivity contribution is -0.133. The first-order chi connectivity index (χ1) is 15.7. The van der Waals surface area contributed by atoms with E-state index in [1.165, 1.54) is 41.2 Å². The molecule has 3 heterocycles. The van der Waals surface area contributed by atoms with Crippen molar-refractivity contribution in [2.24, 2.45) is 5.92 Å².